The molecule has 1 aliphatic heterocycles. The van der Waals surface area contributed by atoms with E-state index in [1.165, 1.54) is 0 Å². The summed E-state index contributed by atoms with van der Waals surface area (Å²) in [6.45, 7) is 2.26. The molecule has 4 rings (SSSR count). The molecule has 154 valence electrons. The monoisotopic (exact) mass is 401 g/mol. The fourth-order valence-corrected chi connectivity index (χ4v) is 4.64. The molecule has 1 heterocycles. The molecule has 0 spiro atoms. The van der Waals surface area contributed by atoms with Crippen molar-refractivity contribution in [1.29, 1.82) is 0 Å². The van der Waals surface area contributed by atoms with Crippen molar-refractivity contribution in [3.05, 3.63) is 107 Å². The molecule has 1 saturated heterocycles. The number of aliphatic hydroxyl groups is 1. The molecular weight excluding hydrogens is 374 g/mol. The number of aromatic carboxylic acids is 1. The highest BCUT2D eigenvalue weighted by molar-refractivity contribution is 5.89. The molecule has 1 fully saturated rings. The highest BCUT2D eigenvalue weighted by Crippen LogP contribution is 2.42. The molecular formula is C26H27NO3. The Labute approximate surface area is 177 Å². The summed E-state index contributed by atoms with van der Waals surface area (Å²) in [5, 5.41) is 21.4. The number of benzene rings is 3. The first-order valence-corrected chi connectivity index (χ1v) is 10.5. The van der Waals surface area contributed by atoms with Crippen LogP contribution in [0.3, 0.4) is 0 Å². The normalized spacial score (nSPS) is 15.8. The number of carbonyl (C=O) groups is 1. The summed E-state index contributed by atoms with van der Waals surface area (Å²) < 4.78 is 0. The number of carboxylic acids is 1. The Morgan fingerprint density at radius 2 is 1.33 bits per heavy atom. The van der Waals surface area contributed by atoms with Crippen molar-refractivity contribution in [2.45, 2.75) is 25.0 Å². The fraction of sp³-hybridized carbons (Fsp3) is 0.269. The van der Waals surface area contributed by atoms with Crippen LogP contribution in [0.4, 0.5) is 0 Å². The largest absolute Gasteiger partial charge is 0.478 e. The van der Waals surface area contributed by atoms with Crippen molar-refractivity contribution in [1.82, 2.24) is 4.90 Å². The Balaban J connectivity index is 1.54. The van der Waals surface area contributed by atoms with Gasteiger partial charge in [-0.1, -0.05) is 78.9 Å². The summed E-state index contributed by atoms with van der Waals surface area (Å²) in [5.74, 6) is -0.795. The van der Waals surface area contributed by atoms with Gasteiger partial charge in [0.25, 0.3) is 0 Å². The van der Waals surface area contributed by atoms with Crippen LogP contribution in [0, 0.1) is 5.92 Å². The zero-order valence-electron chi connectivity index (χ0n) is 16.9. The molecule has 1 aliphatic rings. The van der Waals surface area contributed by atoms with Gasteiger partial charge in [0.1, 0.15) is 5.60 Å². The Morgan fingerprint density at radius 1 is 0.833 bits per heavy atom. The second kappa shape index (κ2) is 8.82. The number of hydrogen-bond acceptors (Lipinski definition) is 3. The summed E-state index contributed by atoms with van der Waals surface area (Å²) in [7, 11) is 0. The molecule has 0 saturated carbocycles. The van der Waals surface area contributed by atoms with Gasteiger partial charge in [0.2, 0.25) is 0 Å². The number of likely N-dealkylation sites (tertiary alicyclic amines) is 1. The molecule has 0 bridgehead atoms. The minimum Gasteiger partial charge on any atom is -0.478 e. The third kappa shape index (κ3) is 4.02. The van der Waals surface area contributed by atoms with Crippen LogP contribution in [0.2, 0.25) is 0 Å². The number of carboxylic acid groups (broad SMARTS) is 1. The van der Waals surface area contributed by atoms with Gasteiger partial charge in [-0.3, -0.25) is 4.90 Å². The molecule has 2 N–H and O–H groups in total. The Hall–Kier alpha value is -2.95. The molecule has 0 amide bonds. The molecule has 4 nitrogen and oxygen atoms in total. The van der Waals surface area contributed by atoms with Crippen LogP contribution < -0.4 is 0 Å². The van der Waals surface area contributed by atoms with Crippen molar-refractivity contribution in [3.63, 3.8) is 0 Å². The van der Waals surface area contributed by atoms with E-state index in [0.717, 1.165) is 42.6 Å². The lowest BCUT2D eigenvalue weighted by molar-refractivity contribution is -0.0152. The first kappa shape index (κ1) is 20.3. The van der Waals surface area contributed by atoms with E-state index in [2.05, 4.69) is 4.90 Å². The van der Waals surface area contributed by atoms with Gasteiger partial charge in [0.15, 0.2) is 0 Å². The summed E-state index contributed by atoms with van der Waals surface area (Å²) >= 11 is 0. The predicted octanol–water partition coefficient (Wildman–Crippen LogP) is 4.53. The van der Waals surface area contributed by atoms with Crippen LogP contribution >= 0.6 is 0 Å². The maximum Gasteiger partial charge on any atom is 0.336 e. The average Bonchev–Trinajstić information content (AvgIpc) is 2.80. The van der Waals surface area contributed by atoms with E-state index < -0.39 is 11.6 Å². The molecule has 3 aromatic carbocycles. The molecule has 0 radical (unpaired) electrons. The minimum absolute atomic E-state index is 0.0910. The van der Waals surface area contributed by atoms with E-state index in [-0.39, 0.29) is 5.92 Å². The smallest absolute Gasteiger partial charge is 0.336 e. The molecule has 0 aromatic heterocycles. The van der Waals surface area contributed by atoms with Crippen LogP contribution in [0.1, 0.15) is 39.9 Å². The fourth-order valence-electron chi connectivity index (χ4n) is 4.64. The van der Waals surface area contributed by atoms with Crippen molar-refractivity contribution < 1.29 is 15.0 Å². The van der Waals surface area contributed by atoms with Gasteiger partial charge in [0, 0.05) is 6.54 Å². The lowest BCUT2D eigenvalue weighted by atomic mass is 9.72. The van der Waals surface area contributed by atoms with Crippen molar-refractivity contribution >= 4 is 5.97 Å². The summed E-state index contributed by atoms with van der Waals surface area (Å²) in [4.78, 5) is 13.8. The van der Waals surface area contributed by atoms with Crippen LogP contribution in [-0.4, -0.2) is 34.2 Å². The van der Waals surface area contributed by atoms with Gasteiger partial charge < -0.3 is 10.2 Å². The average molecular weight is 402 g/mol. The van der Waals surface area contributed by atoms with Crippen molar-refractivity contribution in [3.8, 4) is 0 Å². The van der Waals surface area contributed by atoms with Crippen LogP contribution in [-0.2, 0) is 12.1 Å². The highest BCUT2D eigenvalue weighted by Gasteiger charge is 2.41. The van der Waals surface area contributed by atoms with Gasteiger partial charge >= 0.3 is 5.97 Å². The van der Waals surface area contributed by atoms with Gasteiger partial charge in [-0.2, -0.15) is 0 Å². The van der Waals surface area contributed by atoms with Gasteiger partial charge in [0.05, 0.1) is 5.56 Å². The van der Waals surface area contributed by atoms with Crippen LogP contribution in [0.15, 0.2) is 84.9 Å². The first-order chi connectivity index (χ1) is 14.6. The predicted molar refractivity (Wildman–Crippen MR) is 117 cm³/mol. The van der Waals surface area contributed by atoms with Crippen LogP contribution in [0.5, 0.6) is 0 Å². The summed E-state index contributed by atoms with van der Waals surface area (Å²) in [6, 6.07) is 27.0. The second-order valence-electron chi connectivity index (χ2n) is 8.01. The van der Waals surface area contributed by atoms with Crippen LogP contribution in [0.25, 0.3) is 0 Å². The zero-order chi connectivity index (χ0) is 21.0. The van der Waals surface area contributed by atoms with Gasteiger partial charge in [-0.25, -0.2) is 4.79 Å². The lowest BCUT2D eigenvalue weighted by Crippen LogP contribution is -2.44. The number of hydrogen-bond donors (Lipinski definition) is 2. The third-order valence-corrected chi connectivity index (χ3v) is 6.25. The maximum absolute atomic E-state index is 12.0. The molecule has 0 aliphatic carbocycles. The van der Waals surface area contributed by atoms with E-state index in [1.54, 1.807) is 12.1 Å². The number of piperidine rings is 1. The standard InChI is InChI=1S/C26H27NO3/c28-25(29)24-14-8-7-9-20(24)19-27-17-15-23(16-18-27)26(30,21-10-3-1-4-11-21)22-12-5-2-6-13-22/h1-14,23,30H,15-19H2,(H,28,29). The summed E-state index contributed by atoms with van der Waals surface area (Å²) in [5.41, 5.74) is 2.01. The SMILES string of the molecule is O=C(O)c1ccccc1CN1CCC(C(O)(c2ccccc2)c2ccccc2)CC1. The van der Waals surface area contributed by atoms with Crippen molar-refractivity contribution in [2.75, 3.05) is 13.1 Å². The number of nitrogens with zero attached hydrogens (tertiary/aromatic N) is 1. The Morgan fingerprint density at radius 3 is 1.87 bits per heavy atom. The third-order valence-electron chi connectivity index (χ3n) is 6.25. The molecule has 4 heteroatoms. The molecule has 0 unspecified atom stereocenters. The van der Waals surface area contributed by atoms with E-state index in [9.17, 15) is 15.0 Å². The van der Waals surface area contributed by atoms with Gasteiger partial charge in [-0.05, 0) is 54.6 Å². The summed E-state index contributed by atoms with van der Waals surface area (Å²) in [6.07, 6.45) is 1.69. The highest BCUT2D eigenvalue weighted by atomic mass is 16.4. The van der Waals surface area contributed by atoms with Crippen molar-refractivity contribution in [2.24, 2.45) is 5.92 Å². The minimum atomic E-state index is -1.03. The zero-order valence-corrected chi connectivity index (χ0v) is 16.9. The number of rotatable bonds is 6. The van der Waals surface area contributed by atoms with E-state index >= 15 is 0 Å². The van der Waals surface area contributed by atoms with E-state index in [0.29, 0.717) is 12.1 Å². The molecule has 0 atom stereocenters. The lowest BCUT2D eigenvalue weighted by Gasteiger charge is -2.42. The topological polar surface area (TPSA) is 60.8 Å². The second-order valence-corrected chi connectivity index (χ2v) is 8.01. The molecule has 30 heavy (non-hydrogen) atoms. The van der Waals surface area contributed by atoms with Gasteiger partial charge in [-0.15, -0.1) is 0 Å². The quantitative estimate of drug-likeness (QED) is 0.637. The Bertz CT molecular complexity index is 940. The van der Waals surface area contributed by atoms with E-state index in [4.69, 9.17) is 0 Å². The maximum atomic E-state index is 12.0. The first-order valence-electron chi connectivity index (χ1n) is 10.5. The Kier molecular flexibility index (Phi) is 5.98. The molecule has 3 aromatic rings. The van der Waals surface area contributed by atoms with E-state index in [1.807, 2.05) is 72.8 Å².